The molecule has 2 aromatic carbocycles. The maximum Gasteiger partial charge on any atom is 0.220 e. The Kier molecular flexibility index (Phi) is 5.22. The van der Waals surface area contributed by atoms with Crippen LogP contribution >= 0.6 is 0 Å². The normalized spacial score (nSPS) is 15.5. The highest BCUT2D eigenvalue weighted by atomic mass is 32.2. The standard InChI is InChI=1S/C22H24N2O3S/c1-2-28(25,26)19-11-12-21-20(16-19)23-22(27-21)13-8-17-6-9-18(10-7-17)24-14-4-3-5-15-24/h6-13,16H,2-5,14-15H2,1H3/b13-8+. The summed E-state index contributed by atoms with van der Waals surface area (Å²) in [6.45, 7) is 3.90. The average molecular weight is 397 g/mol. The number of hydrogen-bond acceptors (Lipinski definition) is 5. The Morgan fingerprint density at radius 2 is 1.79 bits per heavy atom. The van der Waals surface area contributed by atoms with Crippen LogP contribution in [0, 0.1) is 0 Å². The minimum absolute atomic E-state index is 0.0660. The summed E-state index contributed by atoms with van der Waals surface area (Å²) in [5, 5.41) is 0. The lowest BCUT2D eigenvalue weighted by Gasteiger charge is -2.28. The van der Waals surface area contributed by atoms with Crippen molar-refractivity contribution in [1.82, 2.24) is 4.98 Å². The molecule has 0 spiro atoms. The second-order valence-electron chi connectivity index (χ2n) is 7.06. The number of sulfone groups is 1. The van der Waals surface area contributed by atoms with E-state index in [0.717, 1.165) is 18.7 Å². The number of piperidine rings is 1. The topological polar surface area (TPSA) is 63.4 Å². The van der Waals surface area contributed by atoms with Crippen LogP contribution in [0.15, 0.2) is 51.8 Å². The molecule has 3 aromatic rings. The molecule has 0 saturated carbocycles. The fraction of sp³-hybridized carbons (Fsp3) is 0.318. The summed E-state index contributed by atoms with van der Waals surface area (Å²) < 4.78 is 29.8. The molecular weight excluding hydrogens is 372 g/mol. The Balaban J connectivity index is 1.51. The van der Waals surface area contributed by atoms with Gasteiger partial charge in [-0.25, -0.2) is 13.4 Å². The van der Waals surface area contributed by atoms with Crippen molar-refractivity contribution in [3.05, 3.63) is 53.9 Å². The van der Waals surface area contributed by atoms with Gasteiger partial charge < -0.3 is 9.32 Å². The molecule has 6 heteroatoms. The van der Waals surface area contributed by atoms with E-state index in [1.54, 1.807) is 25.1 Å². The molecule has 1 aromatic heterocycles. The molecular formula is C22H24N2O3S. The Labute approximate surface area is 165 Å². The average Bonchev–Trinajstić information content (AvgIpc) is 3.15. The number of aromatic nitrogens is 1. The van der Waals surface area contributed by atoms with Crippen molar-refractivity contribution in [3.63, 3.8) is 0 Å². The number of nitrogens with zero attached hydrogens (tertiary/aromatic N) is 2. The van der Waals surface area contributed by atoms with Crippen molar-refractivity contribution in [2.45, 2.75) is 31.1 Å². The minimum Gasteiger partial charge on any atom is -0.437 e. The Bertz CT molecular complexity index is 1090. The summed E-state index contributed by atoms with van der Waals surface area (Å²) in [6, 6.07) is 13.3. The lowest BCUT2D eigenvalue weighted by molar-refractivity contribution is 0.578. The minimum atomic E-state index is -3.25. The maximum absolute atomic E-state index is 12.0. The quantitative estimate of drug-likeness (QED) is 0.621. The number of hydrogen-bond donors (Lipinski definition) is 0. The van der Waals surface area contributed by atoms with Gasteiger partial charge in [-0.15, -0.1) is 0 Å². The zero-order chi connectivity index (χ0) is 19.6. The molecule has 1 saturated heterocycles. The van der Waals surface area contributed by atoms with Crippen molar-refractivity contribution >= 4 is 38.8 Å². The van der Waals surface area contributed by atoms with Gasteiger partial charge >= 0.3 is 0 Å². The van der Waals surface area contributed by atoms with E-state index in [-0.39, 0.29) is 10.6 Å². The summed E-state index contributed by atoms with van der Waals surface area (Å²) in [6.07, 6.45) is 7.62. The van der Waals surface area contributed by atoms with E-state index in [1.807, 2.05) is 12.2 Å². The molecule has 28 heavy (non-hydrogen) atoms. The SMILES string of the molecule is CCS(=O)(=O)c1ccc2oc(/C=C/c3ccc(N4CCCCC4)cc3)nc2c1. The predicted molar refractivity (Wildman–Crippen MR) is 113 cm³/mol. The van der Waals surface area contributed by atoms with Crippen molar-refractivity contribution in [2.75, 3.05) is 23.7 Å². The van der Waals surface area contributed by atoms with Gasteiger partial charge in [-0.2, -0.15) is 0 Å². The van der Waals surface area contributed by atoms with Gasteiger partial charge in [0.25, 0.3) is 0 Å². The van der Waals surface area contributed by atoms with Crippen LogP contribution in [0.1, 0.15) is 37.6 Å². The predicted octanol–water partition coefficient (Wildman–Crippen LogP) is 4.78. The molecule has 2 heterocycles. The molecule has 0 N–H and O–H groups in total. The highest BCUT2D eigenvalue weighted by Gasteiger charge is 2.14. The van der Waals surface area contributed by atoms with Crippen molar-refractivity contribution in [2.24, 2.45) is 0 Å². The fourth-order valence-corrected chi connectivity index (χ4v) is 4.37. The van der Waals surface area contributed by atoms with Crippen molar-refractivity contribution in [1.29, 1.82) is 0 Å². The molecule has 1 fully saturated rings. The van der Waals surface area contributed by atoms with Gasteiger partial charge in [-0.3, -0.25) is 0 Å². The summed E-state index contributed by atoms with van der Waals surface area (Å²) in [5.41, 5.74) is 3.46. The summed E-state index contributed by atoms with van der Waals surface area (Å²) in [7, 11) is -3.25. The zero-order valence-electron chi connectivity index (χ0n) is 16.0. The van der Waals surface area contributed by atoms with E-state index in [2.05, 4.69) is 34.1 Å². The lowest BCUT2D eigenvalue weighted by Crippen LogP contribution is -2.29. The van der Waals surface area contributed by atoms with Gasteiger partial charge in [0.05, 0.1) is 10.6 Å². The third-order valence-corrected chi connectivity index (χ3v) is 6.88. The van der Waals surface area contributed by atoms with Gasteiger partial charge in [-0.1, -0.05) is 19.1 Å². The van der Waals surface area contributed by atoms with E-state index in [1.165, 1.54) is 24.9 Å². The first-order valence-corrected chi connectivity index (χ1v) is 11.4. The molecule has 0 amide bonds. The molecule has 146 valence electrons. The third-order valence-electron chi connectivity index (χ3n) is 5.15. The summed E-state index contributed by atoms with van der Waals surface area (Å²) in [4.78, 5) is 7.11. The van der Waals surface area contributed by atoms with Crippen LogP contribution in [0.4, 0.5) is 5.69 Å². The third kappa shape index (κ3) is 3.97. The first-order chi connectivity index (χ1) is 13.5. The molecule has 0 aliphatic carbocycles. The highest BCUT2D eigenvalue weighted by molar-refractivity contribution is 7.91. The van der Waals surface area contributed by atoms with E-state index in [9.17, 15) is 8.42 Å². The van der Waals surface area contributed by atoms with Crippen LogP contribution < -0.4 is 4.90 Å². The van der Waals surface area contributed by atoms with E-state index in [4.69, 9.17) is 4.42 Å². The van der Waals surface area contributed by atoms with Crippen molar-refractivity contribution in [3.8, 4) is 0 Å². The smallest absolute Gasteiger partial charge is 0.220 e. The second-order valence-corrected chi connectivity index (χ2v) is 9.34. The largest absolute Gasteiger partial charge is 0.437 e. The van der Waals surface area contributed by atoms with Crippen LogP contribution in [0.2, 0.25) is 0 Å². The molecule has 1 aliphatic heterocycles. The summed E-state index contributed by atoms with van der Waals surface area (Å²) >= 11 is 0. The van der Waals surface area contributed by atoms with Crippen LogP contribution in [0.25, 0.3) is 23.3 Å². The van der Waals surface area contributed by atoms with Gasteiger partial charge in [-0.05, 0) is 61.2 Å². The number of oxazole rings is 1. The van der Waals surface area contributed by atoms with Crippen LogP contribution in [-0.2, 0) is 9.84 Å². The number of fused-ring (bicyclic) bond motifs is 1. The Hall–Kier alpha value is -2.60. The molecule has 4 rings (SSSR count). The first-order valence-electron chi connectivity index (χ1n) is 9.71. The van der Waals surface area contributed by atoms with Crippen molar-refractivity contribution < 1.29 is 12.8 Å². The van der Waals surface area contributed by atoms with Crippen LogP contribution in [-0.4, -0.2) is 32.2 Å². The van der Waals surface area contributed by atoms with Crippen LogP contribution in [0.5, 0.6) is 0 Å². The van der Waals surface area contributed by atoms with Crippen LogP contribution in [0.3, 0.4) is 0 Å². The summed E-state index contributed by atoms with van der Waals surface area (Å²) in [5.74, 6) is 0.525. The van der Waals surface area contributed by atoms with E-state index >= 15 is 0 Å². The molecule has 5 nitrogen and oxygen atoms in total. The van der Waals surface area contributed by atoms with Gasteiger partial charge in [0.2, 0.25) is 5.89 Å². The first kappa shape index (κ1) is 18.7. The fourth-order valence-electron chi connectivity index (χ4n) is 3.47. The lowest BCUT2D eigenvalue weighted by atomic mass is 10.1. The van der Waals surface area contributed by atoms with E-state index < -0.39 is 9.84 Å². The van der Waals surface area contributed by atoms with Gasteiger partial charge in [0, 0.05) is 24.9 Å². The number of rotatable bonds is 5. The Morgan fingerprint density at radius 1 is 1.04 bits per heavy atom. The second kappa shape index (κ2) is 7.80. The molecule has 0 bridgehead atoms. The highest BCUT2D eigenvalue weighted by Crippen LogP contribution is 2.23. The molecule has 0 radical (unpaired) electrons. The number of benzene rings is 2. The molecule has 0 atom stereocenters. The van der Waals surface area contributed by atoms with Gasteiger partial charge in [0.1, 0.15) is 5.52 Å². The Morgan fingerprint density at radius 3 is 2.50 bits per heavy atom. The van der Waals surface area contributed by atoms with E-state index in [0.29, 0.717) is 17.0 Å². The number of anilines is 1. The molecule has 1 aliphatic rings. The zero-order valence-corrected chi connectivity index (χ0v) is 16.8. The maximum atomic E-state index is 12.0. The van der Waals surface area contributed by atoms with Gasteiger partial charge in [0.15, 0.2) is 15.4 Å². The molecule has 0 unspecified atom stereocenters. The monoisotopic (exact) mass is 396 g/mol.